The Labute approximate surface area is 174 Å². The molecule has 2 aliphatic rings. The second-order valence-electron chi connectivity index (χ2n) is 7.52. The van der Waals surface area contributed by atoms with Crippen LogP contribution in [0.15, 0.2) is 48.8 Å². The van der Waals surface area contributed by atoms with Crippen molar-refractivity contribution in [3.63, 3.8) is 0 Å². The molecule has 1 aromatic carbocycles. The van der Waals surface area contributed by atoms with Crippen LogP contribution in [0.3, 0.4) is 0 Å². The fourth-order valence-electron chi connectivity index (χ4n) is 4.02. The van der Waals surface area contributed by atoms with Crippen LogP contribution in [-0.2, 0) is 6.54 Å². The molecule has 1 aliphatic carbocycles. The van der Waals surface area contributed by atoms with Crippen LogP contribution < -0.4 is 20.1 Å². The van der Waals surface area contributed by atoms with Gasteiger partial charge in [0.1, 0.15) is 0 Å². The summed E-state index contributed by atoms with van der Waals surface area (Å²) in [7, 11) is 0. The second-order valence-corrected chi connectivity index (χ2v) is 7.52. The van der Waals surface area contributed by atoms with Gasteiger partial charge < -0.3 is 20.1 Å². The van der Waals surface area contributed by atoms with E-state index in [1.54, 1.807) is 30.6 Å². The number of rotatable bonds is 5. The Kier molecular flexibility index (Phi) is 4.96. The molecular weight excluding hydrogens is 382 g/mol. The van der Waals surface area contributed by atoms with Gasteiger partial charge in [-0.2, -0.15) is 5.10 Å². The summed E-state index contributed by atoms with van der Waals surface area (Å²) in [5, 5.41) is 10.5. The van der Waals surface area contributed by atoms with E-state index >= 15 is 0 Å². The van der Waals surface area contributed by atoms with Gasteiger partial charge in [0, 0.05) is 29.7 Å². The highest BCUT2D eigenvalue weighted by molar-refractivity contribution is 5.89. The zero-order valence-electron chi connectivity index (χ0n) is 16.5. The van der Waals surface area contributed by atoms with Crippen LogP contribution in [0.4, 0.5) is 10.5 Å². The van der Waals surface area contributed by atoms with Crippen molar-refractivity contribution in [1.29, 1.82) is 0 Å². The van der Waals surface area contributed by atoms with Crippen LogP contribution >= 0.6 is 0 Å². The van der Waals surface area contributed by atoms with Crippen LogP contribution in [0, 0.1) is 0 Å². The number of nitrogens with one attached hydrogen (secondary N) is 2. The number of fused-ring (bicyclic) bond motifs is 1. The first-order valence-corrected chi connectivity index (χ1v) is 10.2. The fraction of sp³-hybridized carbons (Fsp3) is 0.318. The summed E-state index contributed by atoms with van der Waals surface area (Å²) in [6, 6.07) is 11.5. The Balaban J connectivity index is 1.28. The molecule has 2 N–H and O–H groups in total. The third-order valence-electron chi connectivity index (χ3n) is 5.49. The van der Waals surface area contributed by atoms with Crippen molar-refractivity contribution in [3.05, 3.63) is 54.5 Å². The first-order valence-electron chi connectivity index (χ1n) is 10.2. The molecule has 3 heterocycles. The average molecular weight is 405 g/mol. The Morgan fingerprint density at radius 2 is 1.87 bits per heavy atom. The highest BCUT2D eigenvalue weighted by Gasteiger charge is 2.22. The molecule has 5 rings (SSSR count). The molecule has 1 saturated carbocycles. The molecule has 1 fully saturated rings. The molecule has 8 heteroatoms. The average Bonchev–Trinajstić information content (AvgIpc) is 3.52. The number of hydrogen-bond acceptors (Lipinski definition) is 5. The van der Waals surface area contributed by atoms with Crippen molar-refractivity contribution in [1.82, 2.24) is 20.1 Å². The van der Waals surface area contributed by atoms with E-state index in [1.165, 1.54) is 12.8 Å². The van der Waals surface area contributed by atoms with Gasteiger partial charge in [0.15, 0.2) is 11.5 Å². The number of pyridine rings is 1. The highest BCUT2D eigenvalue weighted by Crippen LogP contribution is 2.35. The van der Waals surface area contributed by atoms with Crippen molar-refractivity contribution in [2.75, 3.05) is 12.1 Å². The number of ether oxygens (including phenoxy) is 2. The smallest absolute Gasteiger partial charge is 0.319 e. The number of carbonyl (C=O) groups is 1. The molecule has 30 heavy (non-hydrogen) atoms. The van der Waals surface area contributed by atoms with E-state index in [4.69, 9.17) is 14.6 Å². The van der Waals surface area contributed by atoms with Gasteiger partial charge in [-0.25, -0.2) is 4.79 Å². The first-order chi connectivity index (χ1) is 14.8. The molecule has 8 nitrogen and oxygen atoms in total. The summed E-state index contributed by atoms with van der Waals surface area (Å²) in [5.74, 6) is 1.31. The van der Waals surface area contributed by atoms with Gasteiger partial charge in [0.2, 0.25) is 6.79 Å². The quantitative estimate of drug-likeness (QED) is 0.667. The lowest BCUT2D eigenvalue weighted by Crippen LogP contribution is -2.28. The van der Waals surface area contributed by atoms with Gasteiger partial charge in [-0.05, 0) is 43.2 Å². The third-order valence-corrected chi connectivity index (χ3v) is 5.49. The summed E-state index contributed by atoms with van der Waals surface area (Å²) in [6.45, 7) is 0.544. The molecule has 3 aromatic rings. The van der Waals surface area contributed by atoms with Crippen LogP contribution in [0.1, 0.15) is 37.4 Å². The number of aromatic nitrogens is 3. The largest absolute Gasteiger partial charge is 0.454 e. The normalized spacial score (nSPS) is 15.3. The minimum atomic E-state index is -0.297. The maximum atomic E-state index is 12.4. The predicted molar refractivity (Wildman–Crippen MR) is 111 cm³/mol. The second kappa shape index (κ2) is 8.06. The topological polar surface area (TPSA) is 90.3 Å². The van der Waals surface area contributed by atoms with Crippen LogP contribution in [0.25, 0.3) is 11.3 Å². The predicted octanol–water partition coefficient (Wildman–Crippen LogP) is 4.11. The summed E-state index contributed by atoms with van der Waals surface area (Å²) in [6.07, 6.45) is 8.31. The fourth-order valence-corrected chi connectivity index (χ4v) is 4.02. The van der Waals surface area contributed by atoms with E-state index in [9.17, 15) is 4.79 Å². The lowest BCUT2D eigenvalue weighted by Gasteiger charge is -2.14. The van der Waals surface area contributed by atoms with Crippen molar-refractivity contribution in [2.45, 2.75) is 38.3 Å². The summed E-state index contributed by atoms with van der Waals surface area (Å²) >= 11 is 0. The molecule has 0 unspecified atom stereocenters. The van der Waals surface area contributed by atoms with Crippen LogP contribution in [0.2, 0.25) is 0 Å². The van der Waals surface area contributed by atoms with Crippen molar-refractivity contribution >= 4 is 11.7 Å². The van der Waals surface area contributed by atoms with Gasteiger partial charge in [-0.3, -0.25) is 9.67 Å². The number of hydrogen-bond donors (Lipinski definition) is 2. The first kappa shape index (κ1) is 18.5. The number of amides is 2. The lowest BCUT2D eigenvalue weighted by molar-refractivity contribution is 0.174. The van der Waals surface area contributed by atoms with Crippen molar-refractivity contribution in [2.24, 2.45) is 0 Å². The maximum Gasteiger partial charge on any atom is 0.319 e. The molecule has 0 atom stereocenters. The number of urea groups is 1. The highest BCUT2D eigenvalue weighted by atomic mass is 16.7. The minimum Gasteiger partial charge on any atom is -0.454 e. The van der Waals surface area contributed by atoms with Gasteiger partial charge in [-0.15, -0.1) is 0 Å². The Morgan fingerprint density at radius 1 is 1.07 bits per heavy atom. The van der Waals surface area contributed by atoms with Crippen LogP contribution in [-0.4, -0.2) is 27.6 Å². The zero-order valence-corrected chi connectivity index (χ0v) is 16.5. The Bertz CT molecular complexity index is 1040. The summed E-state index contributed by atoms with van der Waals surface area (Å²) < 4.78 is 12.8. The molecule has 2 amide bonds. The van der Waals surface area contributed by atoms with E-state index in [-0.39, 0.29) is 12.8 Å². The van der Waals surface area contributed by atoms with Crippen molar-refractivity contribution in [3.8, 4) is 22.8 Å². The van der Waals surface area contributed by atoms with E-state index in [2.05, 4.69) is 26.4 Å². The lowest BCUT2D eigenvalue weighted by atomic mass is 10.1. The minimum absolute atomic E-state index is 0.203. The molecule has 2 aromatic heterocycles. The van der Waals surface area contributed by atoms with E-state index < -0.39 is 0 Å². The van der Waals surface area contributed by atoms with Gasteiger partial charge in [0.25, 0.3) is 0 Å². The van der Waals surface area contributed by atoms with Crippen molar-refractivity contribution < 1.29 is 14.3 Å². The SMILES string of the molecule is O=C(NCc1cc(-c2ccncc2)n(C2CCCC2)n1)Nc1ccc2c(c1)OCO2. The molecule has 0 saturated heterocycles. The molecular formula is C22H23N5O3. The number of anilines is 1. The third kappa shape index (κ3) is 3.80. The number of carbonyl (C=O) groups excluding carboxylic acids is 1. The van der Waals surface area contributed by atoms with Crippen LogP contribution in [0.5, 0.6) is 11.5 Å². The summed E-state index contributed by atoms with van der Waals surface area (Å²) in [5.41, 5.74) is 3.62. The van der Waals surface area contributed by atoms with E-state index in [1.807, 2.05) is 12.1 Å². The molecule has 0 spiro atoms. The standard InChI is InChI=1S/C22H23N5O3/c28-22(25-16-5-6-20-21(12-16)30-14-29-20)24-13-17-11-19(15-7-9-23-10-8-15)27(26-17)18-3-1-2-4-18/h5-12,18H,1-4,13-14H2,(H2,24,25,28). The maximum absolute atomic E-state index is 12.4. The van der Waals surface area contributed by atoms with E-state index in [0.29, 0.717) is 29.8 Å². The molecule has 1 aliphatic heterocycles. The van der Waals surface area contributed by atoms with Gasteiger partial charge in [0.05, 0.1) is 24.0 Å². The van der Waals surface area contributed by atoms with Gasteiger partial charge in [-0.1, -0.05) is 12.8 Å². The number of benzene rings is 1. The Morgan fingerprint density at radius 3 is 2.70 bits per heavy atom. The Hall–Kier alpha value is -3.55. The number of nitrogens with zero attached hydrogens (tertiary/aromatic N) is 3. The summed E-state index contributed by atoms with van der Waals surface area (Å²) in [4.78, 5) is 16.5. The van der Waals surface area contributed by atoms with Gasteiger partial charge >= 0.3 is 6.03 Å². The zero-order chi connectivity index (χ0) is 20.3. The van der Waals surface area contributed by atoms with E-state index in [0.717, 1.165) is 29.8 Å². The molecule has 0 bridgehead atoms. The molecule has 154 valence electrons. The molecule has 0 radical (unpaired) electrons. The monoisotopic (exact) mass is 405 g/mol.